The summed E-state index contributed by atoms with van der Waals surface area (Å²) < 4.78 is 43.5. The molecule has 4 aromatic rings. The fraction of sp³-hybridized carbons (Fsp3) is 0.538. The van der Waals surface area contributed by atoms with Crippen LogP contribution >= 0.6 is 0 Å². The van der Waals surface area contributed by atoms with Crippen molar-refractivity contribution in [2.75, 3.05) is 46.0 Å². The molecule has 14 heteroatoms. The number of hydrogen-bond acceptors (Lipinski definition) is 9. The molecule has 0 spiro atoms. The molecule has 0 unspecified atom stereocenters. The summed E-state index contributed by atoms with van der Waals surface area (Å²) in [7, 11) is -3.79. The average Bonchev–Trinajstić information content (AvgIpc) is 3.61. The van der Waals surface area contributed by atoms with Gasteiger partial charge in [0.15, 0.2) is 11.3 Å². The van der Waals surface area contributed by atoms with Crippen molar-refractivity contribution < 1.29 is 17.9 Å². The highest BCUT2D eigenvalue weighted by atomic mass is 32.2. The smallest absolute Gasteiger partial charge is 0.336 e. The molecule has 0 radical (unpaired) electrons. The lowest BCUT2D eigenvalue weighted by Crippen LogP contribution is -2.38. The van der Waals surface area contributed by atoms with Gasteiger partial charge in [0, 0.05) is 26.2 Å². The van der Waals surface area contributed by atoms with E-state index in [-0.39, 0.29) is 16.5 Å². The Morgan fingerprint density at radius 3 is 2.75 bits per heavy atom. The lowest BCUT2D eigenvalue weighted by Gasteiger charge is -2.26. The number of nitrogens with zero attached hydrogens (tertiary/aromatic N) is 6. The van der Waals surface area contributed by atoms with Crippen LogP contribution in [0.3, 0.4) is 0 Å². The van der Waals surface area contributed by atoms with Gasteiger partial charge in [-0.1, -0.05) is 20.8 Å². The van der Waals surface area contributed by atoms with Crippen LogP contribution in [0.1, 0.15) is 33.6 Å². The molecule has 0 aliphatic carbocycles. The SMILES string of the molecule is CCCOc1ccc(S(=O)(=O)NCCCN2CCOCC2)cc1-c1nc2c([nH]1)c1nncn1c(=O)n2CC(C)C. The molecule has 216 valence electrons. The Bertz CT molecular complexity index is 1640. The van der Waals surface area contributed by atoms with E-state index in [4.69, 9.17) is 14.5 Å². The Hall–Kier alpha value is -3.33. The van der Waals surface area contributed by atoms with Gasteiger partial charge in [0.05, 0.1) is 30.3 Å². The van der Waals surface area contributed by atoms with E-state index in [1.807, 2.05) is 20.8 Å². The molecule has 1 aromatic carbocycles. The van der Waals surface area contributed by atoms with Crippen molar-refractivity contribution in [2.24, 2.45) is 5.92 Å². The van der Waals surface area contributed by atoms with Crippen molar-refractivity contribution in [3.8, 4) is 17.1 Å². The van der Waals surface area contributed by atoms with E-state index >= 15 is 0 Å². The summed E-state index contributed by atoms with van der Waals surface area (Å²) >= 11 is 0. The number of imidazole rings is 1. The number of morpholine rings is 1. The van der Waals surface area contributed by atoms with E-state index in [9.17, 15) is 13.2 Å². The molecule has 13 nitrogen and oxygen atoms in total. The van der Waals surface area contributed by atoms with Gasteiger partial charge in [-0.3, -0.25) is 9.47 Å². The summed E-state index contributed by atoms with van der Waals surface area (Å²) in [5, 5.41) is 8.03. The number of aromatic nitrogens is 6. The Labute approximate surface area is 232 Å². The Balaban J connectivity index is 1.49. The monoisotopic (exact) mass is 572 g/mol. The predicted molar refractivity (Wildman–Crippen MR) is 150 cm³/mol. The lowest BCUT2D eigenvalue weighted by molar-refractivity contribution is 0.0376. The quantitative estimate of drug-likeness (QED) is 0.243. The molecular weight excluding hydrogens is 536 g/mol. The molecule has 40 heavy (non-hydrogen) atoms. The van der Waals surface area contributed by atoms with Crippen LogP contribution in [0.25, 0.3) is 28.2 Å². The number of hydrogen-bond donors (Lipinski definition) is 2. The Kier molecular flexibility index (Phi) is 8.49. The van der Waals surface area contributed by atoms with Crippen molar-refractivity contribution in [3.05, 3.63) is 35.0 Å². The zero-order valence-corrected chi connectivity index (χ0v) is 23.9. The molecule has 5 rings (SSSR count). The second kappa shape index (κ2) is 12.0. The third-order valence-electron chi connectivity index (χ3n) is 6.72. The standard InChI is InChI=1S/C26H36N8O5S/c1-4-12-39-21-7-6-19(40(36,37)28-8-5-9-32-10-13-38-14-11-32)15-20(21)23-29-22-24(30-23)33(16-18(2)3)26(35)34-17-27-31-25(22)34/h6-7,15,17-18,28H,4-5,8-14,16H2,1-3H3,(H,29,30). The second-order valence-electron chi connectivity index (χ2n) is 10.3. The number of H-pyrrole nitrogens is 1. The average molecular weight is 573 g/mol. The predicted octanol–water partition coefficient (Wildman–Crippen LogP) is 1.88. The van der Waals surface area contributed by atoms with Gasteiger partial charge in [-0.15, -0.1) is 10.2 Å². The minimum atomic E-state index is -3.79. The molecule has 3 aromatic heterocycles. The van der Waals surface area contributed by atoms with Crippen LogP contribution in [0.5, 0.6) is 5.75 Å². The first-order chi connectivity index (χ1) is 19.3. The first-order valence-corrected chi connectivity index (χ1v) is 15.2. The maximum atomic E-state index is 13.2. The van der Waals surface area contributed by atoms with Crippen LogP contribution in [0.15, 0.2) is 34.2 Å². The summed E-state index contributed by atoms with van der Waals surface area (Å²) in [6, 6.07) is 4.74. The van der Waals surface area contributed by atoms with Gasteiger partial charge in [0.25, 0.3) is 0 Å². The topological polar surface area (TPSA) is 149 Å². The van der Waals surface area contributed by atoms with E-state index < -0.39 is 10.0 Å². The Morgan fingerprint density at radius 1 is 1.20 bits per heavy atom. The number of sulfonamides is 1. The van der Waals surface area contributed by atoms with Crippen LogP contribution in [-0.2, 0) is 21.3 Å². The molecule has 1 aliphatic rings. The van der Waals surface area contributed by atoms with Crippen LogP contribution in [0, 0.1) is 5.92 Å². The Morgan fingerprint density at radius 2 is 2.00 bits per heavy atom. The number of nitrogens with one attached hydrogen (secondary N) is 2. The van der Waals surface area contributed by atoms with Crippen molar-refractivity contribution in [2.45, 2.75) is 45.1 Å². The van der Waals surface area contributed by atoms with Gasteiger partial charge in [-0.05, 0) is 43.5 Å². The molecule has 0 amide bonds. The largest absolute Gasteiger partial charge is 0.493 e. The highest BCUT2D eigenvalue weighted by molar-refractivity contribution is 7.89. The number of ether oxygens (including phenoxy) is 2. The van der Waals surface area contributed by atoms with E-state index in [0.717, 1.165) is 26.1 Å². The van der Waals surface area contributed by atoms with Crippen molar-refractivity contribution in [1.82, 2.24) is 38.8 Å². The number of rotatable bonds is 12. The van der Waals surface area contributed by atoms with E-state index in [1.54, 1.807) is 16.7 Å². The van der Waals surface area contributed by atoms with Crippen molar-refractivity contribution in [1.29, 1.82) is 0 Å². The molecule has 1 saturated heterocycles. The highest BCUT2D eigenvalue weighted by Crippen LogP contribution is 2.32. The second-order valence-corrected chi connectivity index (χ2v) is 12.1. The van der Waals surface area contributed by atoms with E-state index in [0.29, 0.717) is 73.3 Å². The summed E-state index contributed by atoms with van der Waals surface area (Å²) in [6.07, 6.45) is 2.84. The highest BCUT2D eigenvalue weighted by Gasteiger charge is 2.22. The molecular formula is C26H36N8O5S. The molecule has 2 N–H and O–H groups in total. The summed E-state index contributed by atoms with van der Waals surface area (Å²) in [5.74, 6) is 1.04. The third kappa shape index (κ3) is 5.89. The zero-order chi connectivity index (χ0) is 28.3. The van der Waals surface area contributed by atoms with E-state index in [1.165, 1.54) is 16.8 Å². The molecule has 0 bridgehead atoms. The molecule has 0 saturated carbocycles. The number of fused-ring (bicyclic) bond motifs is 3. The van der Waals surface area contributed by atoms with Crippen molar-refractivity contribution in [3.63, 3.8) is 0 Å². The fourth-order valence-electron chi connectivity index (χ4n) is 4.76. The fourth-order valence-corrected chi connectivity index (χ4v) is 5.86. The van der Waals surface area contributed by atoms with E-state index in [2.05, 4.69) is 24.8 Å². The lowest BCUT2D eigenvalue weighted by atomic mass is 10.2. The van der Waals surface area contributed by atoms with Gasteiger partial charge in [0.1, 0.15) is 23.4 Å². The normalized spacial score (nSPS) is 15.0. The maximum Gasteiger partial charge on any atom is 0.336 e. The van der Waals surface area contributed by atoms with Gasteiger partial charge in [0.2, 0.25) is 10.0 Å². The molecule has 1 fully saturated rings. The van der Waals surface area contributed by atoms with Crippen molar-refractivity contribution >= 4 is 26.8 Å². The van der Waals surface area contributed by atoms with Gasteiger partial charge >= 0.3 is 5.69 Å². The number of aromatic amines is 1. The number of benzene rings is 1. The van der Waals surface area contributed by atoms with Gasteiger partial charge in [-0.25, -0.2) is 27.3 Å². The zero-order valence-electron chi connectivity index (χ0n) is 23.1. The van der Waals surface area contributed by atoms with Gasteiger partial charge in [-0.2, -0.15) is 0 Å². The summed E-state index contributed by atoms with van der Waals surface area (Å²) in [6.45, 7) is 11.2. The van der Waals surface area contributed by atoms with Crippen LogP contribution < -0.4 is 15.1 Å². The first kappa shape index (κ1) is 28.2. The molecule has 1 aliphatic heterocycles. The van der Waals surface area contributed by atoms with Gasteiger partial charge < -0.3 is 14.5 Å². The summed E-state index contributed by atoms with van der Waals surface area (Å²) in [5.41, 5.74) is 1.48. The third-order valence-corrected chi connectivity index (χ3v) is 8.18. The van der Waals surface area contributed by atoms with Crippen LogP contribution in [0.2, 0.25) is 0 Å². The van der Waals surface area contributed by atoms with Crippen LogP contribution in [-0.4, -0.2) is 88.5 Å². The molecule has 0 atom stereocenters. The minimum absolute atomic E-state index is 0.102. The first-order valence-electron chi connectivity index (χ1n) is 13.7. The molecule has 4 heterocycles. The summed E-state index contributed by atoms with van der Waals surface area (Å²) in [4.78, 5) is 23.6. The minimum Gasteiger partial charge on any atom is -0.493 e. The maximum absolute atomic E-state index is 13.2. The van der Waals surface area contributed by atoms with Crippen LogP contribution in [0.4, 0.5) is 0 Å².